The molecule has 2 aromatic heterocycles. The van der Waals surface area contributed by atoms with E-state index in [1.54, 1.807) is 7.11 Å². The molecular formula is C21H19N5O. The van der Waals surface area contributed by atoms with Crippen LogP contribution in [0, 0.1) is 0 Å². The zero-order valence-corrected chi connectivity index (χ0v) is 15.0. The van der Waals surface area contributed by atoms with Gasteiger partial charge in [-0.1, -0.05) is 36.4 Å². The van der Waals surface area contributed by atoms with Crippen molar-refractivity contribution in [2.45, 2.75) is 18.9 Å². The number of fused-ring (bicyclic) bond motifs is 2. The van der Waals surface area contributed by atoms with Gasteiger partial charge in [-0.05, 0) is 36.1 Å². The highest BCUT2D eigenvalue weighted by molar-refractivity contribution is 5.98. The lowest BCUT2D eigenvalue weighted by molar-refractivity contribution is 0.415. The fourth-order valence-corrected chi connectivity index (χ4v) is 3.98. The number of hydrogen-bond donors (Lipinski definition) is 1. The Morgan fingerprint density at radius 3 is 2.56 bits per heavy atom. The van der Waals surface area contributed by atoms with Gasteiger partial charge in [0, 0.05) is 5.56 Å². The molecule has 0 amide bonds. The summed E-state index contributed by atoms with van der Waals surface area (Å²) in [6.07, 6.45) is 3.34. The van der Waals surface area contributed by atoms with Crippen molar-refractivity contribution < 1.29 is 4.74 Å². The second-order valence-electron chi connectivity index (χ2n) is 6.81. The van der Waals surface area contributed by atoms with Crippen molar-refractivity contribution in [2.75, 3.05) is 12.8 Å². The quantitative estimate of drug-likeness (QED) is 0.608. The zero-order valence-electron chi connectivity index (χ0n) is 15.0. The average Bonchev–Trinajstić information content (AvgIpc) is 3.30. The predicted molar refractivity (Wildman–Crippen MR) is 105 cm³/mol. The van der Waals surface area contributed by atoms with Crippen molar-refractivity contribution >= 4 is 16.9 Å². The van der Waals surface area contributed by atoms with E-state index in [4.69, 9.17) is 15.6 Å². The predicted octanol–water partition coefficient (Wildman–Crippen LogP) is 3.42. The fourth-order valence-electron chi connectivity index (χ4n) is 3.98. The minimum atomic E-state index is 0.220. The number of nitrogens with two attached hydrogens (primary N) is 1. The van der Waals surface area contributed by atoms with Crippen molar-refractivity contribution in [1.29, 1.82) is 0 Å². The van der Waals surface area contributed by atoms with Gasteiger partial charge in [0.25, 0.3) is 0 Å². The highest BCUT2D eigenvalue weighted by Crippen LogP contribution is 2.38. The van der Waals surface area contributed by atoms with Gasteiger partial charge in [0.2, 0.25) is 0 Å². The van der Waals surface area contributed by atoms with Crippen LogP contribution in [0.3, 0.4) is 0 Å². The summed E-state index contributed by atoms with van der Waals surface area (Å²) in [5.74, 6) is 1.23. The van der Waals surface area contributed by atoms with Crippen molar-refractivity contribution in [1.82, 2.24) is 19.7 Å². The Labute approximate surface area is 156 Å². The number of nitrogen functional groups attached to an aromatic ring is 1. The maximum Gasteiger partial charge on any atom is 0.187 e. The molecule has 0 saturated carbocycles. The third-order valence-corrected chi connectivity index (χ3v) is 5.24. The Hall–Kier alpha value is -3.41. The Kier molecular flexibility index (Phi) is 3.57. The average molecular weight is 357 g/mol. The number of hydrogen-bond acceptors (Lipinski definition) is 5. The molecule has 134 valence electrons. The number of methoxy groups -OCH3 is 1. The Morgan fingerprint density at radius 1 is 1.04 bits per heavy atom. The first-order chi connectivity index (χ1) is 13.2. The number of ether oxygens (including phenoxy) is 1. The molecule has 0 saturated heterocycles. The molecule has 0 fully saturated rings. The fraction of sp³-hybridized carbons (Fsp3) is 0.190. The molecule has 1 aliphatic carbocycles. The van der Waals surface area contributed by atoms with Crippen LogP contribution in [-0.4, -0.2) is 26.9 Å². The summed E-state index contributed by atoms with van der Waals surface area (Å²) < 4.78 is 7.49. The van der Waals surface area contributed by atoms with Crippen LogP contribution in [0.15, 0.2) is 54.9 Å². The van der Waals surface area contributed by atoms with Gasteiger partial charge in [0.05, 0.1) is 24.2 Å². The molecular weight excluding hydrogens is 338 g/mol. The van der Waals surface area contributed by atoms with E-state index in [1.165, 1.54) is 17.5 Å². The Bertz CT molecular complexity index is 1130. The summed E-state index contributed by atoms with van der Waals surface area (Å²) in [5.41, 5.74) is 11.5. The zero-order chi connectivity index (χ0) is 18.4. The van der Waals surface area contributed by atoms with Gasteiger partial charge < -0.3 is 10.5 Å². The van der Waals surface area contributed by atoms with Crippen LogP contribution < -0.4 is 10.5 Å². The second kappa shape index (κ2) is 6.09. The van der Waals surface area contributed by atoms with E-state index in [1.807, 2.05) is 24.3 Å². The molecule has 2 heterocycles. The smallest absolute Gasteiger partial charge is 0.187 e. The molecule has 0 atom stereocenters. The lowest BCUT2D eigenvalue weighted by atomic mass is 10.1. The second-order valence-corrected chi connectivity index (χ2v) is 6.81. The van der Waals surface area contributed by atoms with Gasteiger partial charge in [0.1, 0.15) is 17.9 Å². The summed E-state index contributed by atoms with van der Waals surface area (Å²) in [6.45, 7) is 0. The van der Waals surface area contributed by atoms with Crippen LogP contribution in [-0.2, 0) is 12.8 Å². The molecule has 0 bridgehead atoms. The molecule has 0 aliphatic heterocycles. The number of nitrogens with zero attached hydrogens (tertiary/aromatic N) is 4. The SMILES string of the molecule is COc1cccc(-c2c3c(N)ncnc3nn2C2Cc3ccccc3C2)c1. The summed E-state index contributed by atoms with van der Waals surface area (Å²) in [4.78, 5) is 8.56. The third-order valence-electron chi connectivity index (χ3n) is 5.24. The highest BCUT2D eigenvalue weighted by atomic mass is 16.5. The molecule has 0 unspecified atom stereocenters. The maximum atomic E-state index is 6.23. The van der Waals surface area contributed by atoms with Gasteiger partial charge in [-0.15, -0.1) is 0 Å². The molecule has 2 aromatic carbocycles. The summed E-state index contributed by atoms with van der Waals surface area (Å²) >= 11 is 0. The first kappa shape index (κ1) is 15.8. The van der Waals surface area contributed by atoms with Gasteiger partial charge >= 0.3 is 0 Å². The molecule has 4 aromatic rings. The van der Waals surface area contributed by atoms with Crippen molar-refractivity contribution in [3.63, 3.8) is 0 Å². The van der Waals surface area contributed by atoms with E-state index >= 15 is 0 Å². The van der Waals surface area contributed by atoms with Crippen molar-refractivity contribution in [3.05, 3.63) is 66.0 Å². The van der Waals surface area contributed by atoms with Gasteiger partial charge in [-0.25, -0.2) is 9.97 Å². The summed E-state index contributed by atoms with van der Waals surface area (Å²) in [7, 11) is 1.67. The molecule has 5 rings (SSSR count). The van der Waals surface area contributed by atoms with E-state index in [0.29, 0.717) is 11.5 Å². The van der Waals surface area contributed by atoms with E-state index in [2.05, 4.69) is 38.9 Å². The molecule has 6 nitrogen and oxygen atoms in total. The Balaban J connectivity index is 1.72. The topological polar surface area (TPSA) is 78.8 Å². The van der Waals surface area contributed by atoms with E-state index in [0.717, 1.165) is 35.2 Å². The van der Waals surface area contributed by atoms with Crippen molar-refractivity contribution in [3.8, 4) is 17.0 Å². The van der Waals surface area contributed by atoms with Crippen LogP contribution in [0.1, 0.15) is 17.2 Å². The molecule has 27 heavy (non-hydrogen) atoms. The number of aromatic nitrogens is 4. The van der Waals surface area contributed by atoms with Gasteiger partial charge in [-0.3, -0.25) is 4.68 Å². The lowest BCUT2D eigenvalue weighted by Crippen LogP contribution is -2.12. The van der Waals surface area contributed by atoms with Gasteiger partial charge in [-0.2, -0.15) is 5.10 Å². The highest BCUT2D eigenvalue weighted by Gasteiger charge is 2.28. The van der Waals surface area contributed by atoms with E-state index < -0.39 is 0 Å². The number of benzene rings is 2. The maximum absolute atomic E-state index is 6.23. The Morgan fingerprint density at radius 2 is 1.81 bits per heavy atom. The minimum Gasteiger partial charge on any atom is -0.497 e. The van der Waals surface area contributed by atoms with Crippen LogP contribution >= 0.6 is 0 Å². The molecule has 6 heteroatoms. The van der Waals surface area contributed by atoms with Crippen LogP contribution in [0.4, 0.5) is 5.82 Å². The normalized spacial score (nSPS) is 13.8. The largest absolute Gasteiger partial charge is 0.497 e. The lowest BCUT2D eigenvalue weighted by Gasteiger charge is -2.15. The third kappa shape index (κ3) is 2.52. The van der Waals surface area contributed by atoms with E-state index in [9.17, 15) is 0 Å². The first-order valence-electron chi connectivity index (χ1n) is 8.94. The minimum absolute atomic E-state index is 0.220. The number of rotatable bonds is 3. The van der Waals surface area contributed by atoms with Gasteiger partial charge in [0.15, 0.2) is 5.65 Å². The monoisotopic (exact) mass is 357 g/mol. The number of anilines is 1. The van der Waals surface area contributed by atoms with Crippen LogP contribution in [0.2, 0.25) is 0 Å². The summed E-state index contributed by atoms with van der Waals surface area (Å²) in [6, 6.07) is 16.7. The first-order valence-corrected chi connectivity index (χ1v) is 8.94. The molecule has 0 radical (unpaired) electrons. The molecule has 0 spiro atoms. The molecule has 2 N–H and O–H groups in total. The van der Waals surface area contributed by atoms with E-state index in [-0.39, 0.29) is 6.04 Å². The van der Waals surface area contributed by atoms with Crippen LogP contribution in [0.25, 0.3) is 22.3 Å². The molecule has 1 aliphatic rings. The van der Waals surface area contributed by atoms with Crippen LogP contribution in [0.5, 0.6) is 5.75 Å². The summed E-state index contributed by atoms with van der Waals surface area (Å²) in [5, 5.41) is 5.61. The standard InChI is InChI=1S/C21H19N5O/c1-27-17-8-4-7-15(11-17)19-18-20(22)23-12-24-21(18)25-26(19)16-9-13-5-2-3-6-14(13)10-16/h2-8,11-12,16H,9-10H2,1H3,(H2,22,23,24,25). The van der Waals surface area contributed by atoms with Crippen molar-refractivity contribution in [2.24, 2.45) is 0 Å².